The van der Waals surface area contributed by atoms with Gasteiger partial charge in [-0.25, -0.2) is 5.43 Å². The Bertz CT molecular complexity index is 543. The van der Waals surface area contributed by atoms with E-state index in [-0.39, 0.29) is 11.8 Å². The highest BCUT2D eigenvalue weighted by Crippen LogP contribution is 2.47. The summed E-state index contributed by atoms with van der Waals surface area (Å²) in [6, 6.07) is 10.9. The van der Waals surface area contributed by atoms with Gasteiger partial charge in [-0.3, -0.25) is 4.79 Å². The normalized spacial score (nSPS) is 25.1. The first-order valence-corrected chi connectivity index (χ1v) is 8.29. The highest BCUT2D eigenvalue weighted by atomic mass is 16.2. The van der Waals surface area contributed by atoms with Crippen molar-refractivity contribution in [1.29, 1.82) is 0 Å². The lowest BCUT2D eigenvalue weighted by atomic mass is 10.1. The van der Waals surface area contributed by atoms with Crippen LogP contribution in [0.1, 0.15) is 44.6 Å². The zero-order chi connectivity index (χ0) is 15.5. The maximum absolute atomic E-state index is 12.2. The smallest absolute Gasteiger partial charge is 0.243 e. The molecule has 2 atom stereocenters. The molecular weight excluding hydrogens is 274 g/mol. The molecule has 2 aliphatic rings. The molecule has 0 spiro atoms. The number of carbonyl (C=O) groups excluding carboxylic acids is 1. The highest BCUT2D eigenvalue weighted by molar-refractivity contribution is 5.88. The maximum Gasteiger partial charge on any atom is 0.243 e. The molecule has 1 aliphatic carbocycles. The first-order valence-electron chi connectivity index (χ1n) is 8.29. The summed E-state index contributed by atoms with van der Waals surface area (Å²) in [5.41, 5.74) is 5.18. The Morgan fingerprint density at radius 3 is 2.55 bits per heavy atom. The molecule has 0 radical (unpaired) electrons. The van der Waals surface area contributed by atoms with E-state index in [1.54, 1.807) is 0 Å². The van der Waals surface area contributed by atoms with Crippen LogP contribution in [-0.4, -0.2) is 35.7 Å². The topological polar surface area (TPSA) is 44.7 Å². The average Bonchev–Trinajstić information content (AvgIpc) is 3.34. The van der Waals surface area contributed by atoms with Gasteiger partial charge in [-0.05, 0) is 31.7 Å². The quantitative estimate of drug-likeness (QED) is 0.869. The van der Waals surface area contributed by atoms with Gasteiger partial charge in [-0.1, -0.05) is 30.3 Å². The van der Waals surface area contributed by atoms with E-state index in [0.29, 0.717) is 12.0 Å². The Kier molecular flexibility index (Phi) is 4.57. The predicted octanol–water partition coefficient (Wildman–Crippen LogP) is 2.77. The first-order chi connectivity index (χ1) is 10.6. The Morgan fingerprint density at radius 2 is 1.91 bits per heavy atom. The van der Waals surface area contributed by atoms with Crippen molar-refractivity contribution in [1.82, 2.24) is 10.3 Å². The molecule has 4 nitrogen and oxygen atoms in total. The molecule has 3 rings (SSSR count). The molecule has 1 aromatic carbocycles. The monoisotopic (exact) mass is 299 g/mol. The summed E-state index contributed by atoms with van der Waals surface area (Å²) in [7, 11) is 0. The van der Waals surface area contributed by atoms with Crippen molar-refractivity contribution in [2.75, 3.05) is 13.1 Å². The standard InChI is InChI=1S/C18H25N3O/c1-13(2)21-10-8-15(9-11-21)19-20-18(22)17-12-16(17)14-6-4-3-5-7-14/h3-7,13,16-17H,8-12H2,1-2H3,(H,20,22). The molecule has 4 heteroatoms. The Labute approximate surface area is 132 Å². The van der Waals surface area contributed by atoms with Gasteiger partial charge in [0.25, 0.3) is 0 Å². The lowest BCUT2D eigenvalue weighted by Gasteiger charge is -2.30. The second-order valence-corrected chi connectivity index (χ2v) is 6.64. The third-order valence-corrected chi connectivity index (χ3v) is 4.78. The van der Waals surface area contributed by atoms with Crippen molar-refractivity contribution < 1.29 is 4.79 Å². The van der Waals surface area contributed by atoms with E-state index in [4.69, 9.17) is 0 Å². The summed E-state index contributed by atoms with van der Waals surface area (Å²) in [4.78, 5) is 14.6. The number of rotatable bonds is 4. The lowest BCUT2D eigenvalue weighted by Crippen LogP contribution is -2.39. The number of piperidine rings is 1. The van der Waals surface area contributed by atoms with E-state index in [0.717, 1.165) is 38.1 Å². The van der Waals surface area contributed by atoms with E-state index in [9.17, 15) is 4.79 Å². The summed E-state index contributed by atoms with van der Waals surface area (Å²) in [5, 5.41) is 4.36. The maximum atomic E-state index is 12.2. The summed E-state index contributed by atoms with van der Waals surface area (Å²) < 4.78 is 0. The fourth-order valence-corrected chi connectivity index (χ4v) is 3.18. The Morgan fingerprint density at radius 1 is 1.23 bits per heavy atom. The number of nitrogens with zero attached hydrogens (tertiary/aromatic N) is 2. The molecule has 2 fully saturated rings. The van der Waals surface area contributed by atoms with Gasteiger partial charge in [0.05, 0.1) is 0 Å². The van der Waals surface area contributed by atoms with Gasteiger partial charge in [0.1, 0.15) is 0 Å². The minimum absolute atomic E-state index is 0.0765. The van der Waals surface area contributed by atoms with Crippen LogP contribution in [-0.2, 0) is 4.79 Å². The van der Waals surface area contributed by atoms with Crippen molar-refractivity contribution >= 4 is 11.6 Å². The molecule has 1 saturated carbocycles. The Hall–Kier alpha value is -1.68. The number of likely N-dealkylation sites (tertiary alicyclic amines) is 1. The summed E-state index contributed by atoms with van der Waals surface area (Å²) in [5.74, 6) is 0.555. The second kappa shape index (κ2) is 6.61. The van der Waals surface area contributed by atoms with Crippen molar-refractivity contribution in [3.8, 4) is 0 Å². The van der Waals surface area contributed by atoms with Crippen LogP contribution in [0.2, 0.25) is 0 Å². The largest absolute Gasteiger partial charge is 0.300 e. The first kappa shape index (κ1) is 15.2. The number of carbonyl (C=O) groups is 1. The van der Waals surface area contributed by atoms with Crippen LogP contribution in [0.4, 0.5) is 0 Å². The number of benzene rings is 1. The van der Waals surface area contributed by atoms with E-state index >= 15 is 0 Å². The van der Waals surface area contributed by atoms with Crippen LogP contribution in [0.5, 0.6) is 0 Å². The van der Waals surface area contributed by atoms with Crippen LogP contribution in [0.15, 0.2) is 35.4 Å². The zero-order valence-corrected chi connectivity index (χ0v) is 13.5. The molecule has 1 amide bonds. The van der Waals surface area contributed by atoms with Crippen LogP contribution in [0, 0.1) is 5.92 Å². The van der Waals surface area contributed by atoms with Gasteiger partial charge < -0.3 is 4.90 Å². The third kappa shape index (κ3) is 3.55. The fraction of sp³-hybridized carbons (Fsp3) is 0.556. The van der Waals surface area contributed by atoms with Crippen LogP contribution in [0.25, 0.3) is 0 Å². The Balaban J connectivity index is 1.47. The number of hydrogen-bond acceptors (Lipinski definition) is 3. The minimum atomic E-state index is 0.0765. The van der Waals surface area contributed by atoms with E-state index in [1.807, 2.05) is 18.2 Å². The molecule has 0 aromatic heterocycles. The number of amides is 1. The van der Waals surface area contributed by atoms with Gasteiger partial charge in [0.2, 0.25) is 5.91 Å². The molecular formula is C18H25N3O. The van der Waals surface area contributed by atoms with Crippen LogP contribution < -0.4 is 5.43 Å². The molecule has 22 heavy (non-hydrogen) atoms. The van der Waals surface area contributed by atoms with Crippen LogP contribution >= 0.6 is 0 Å². The molecule has 1 saturated heterocycles. The second-order valence-electron chi connectivity index (χ2n) is 6.64. The van der Waals surface area contributed by atoms with E-state index in [2.05, 4.69) is 41.4 Å². The minimum Gasteiger partial charge on any atom is -0.300 e. The van der Waals surface area contributed by atoms with Crippen LogP contribution in [0.3, 0.4) is 0 Å². The summed E-state index contributed by atoms with van der Waals surface area (Å²) >= 11 is 0. The van der Waals surface area contributed by atoms with Gasteiger partial charge in [-0.15, -0.1) is 0 Å². The van der Waals surface area contributed by atoms with E-state index < -0.39 is 0 Å². The molecule has 1 aliphatic heterocycles. The van der Waals surface area contributed by atoms with Gasteiger partial charge in [-0.2, -0.15) is 5.10 Å². The number of nitrogens with one attached hydrogen (secondary N) is 1. The summed E-state index contributed by atoms with van der Waals surface area (Å²) in [6.07, 6.45) is 2.87. The molecule has 118 valence electrons. The fourth-order valence-electron chi connectivity index (χ4n) is 3.18. The predicted molar refractivity (Wildman–Crippen MR) is 88.8 cm³/mol. The molecule has 0 bridgehead atoms. The van der Waals surface area contributed by atoms with Crippen molar-refractivity contribution in [3.63, 3.8) is 0 Å². The van der Waals surface area contributed by atoms with Gasteiger partial charge in [0.15, 0.2) is 0 Å². The summed E-state index contributed by atoms with van der Waals surface area (Å²) in [6.45, 7) is 6.53. The number of hydrogen-bond donors (Lipinski definition) is 1. The van der Waals surface area contributed by atoms with Gasteiger partial charge in [0, 0.05) is 43.6 Å². The molecule has 2 unspecified atom stereocenters. The van der Waals surface area contributed by atoms with Crippen molar-refractivity contribution in [2.24, 2.45) is 11.0 Å². The SMILES string of the molecule is CC(C)N1CCC(=NNC(=O)C2CC2c2ccccc2)CC1. The zero-order valence-electron chi connectivity index (χ0n) is 13.5. The average molecular weight is 299 g/mol. The highest BCUT2D eigenvalue weighted by Gasteiger charge is 2.43. The third-order valence-electron chi connectivity index (χ3n) is 4.78. The molecule has 1 heterocycles. The van der Waals surface area contributed by atoms with E-state index in [1.165, 1.54) is 5.56 Å². The van der Waals surface area contributed by atoms with Crippen molar-refractivity contribution in [2.45, 2.75) is 45.1 Å². The van der Waals surface area contributed by atoms with Crippen molar-refractivity contribution in [3.05, 3.63) is 35.9 Å². The molecule has 1 aromatic rings. The lowest BCUT2D eigenvalue weighted by molar-refractivity contribution is -0.122. The molecule has 1 N–H and O–H groups in total. The number of hydrazone groups is 1. The van der Waals surface area contributed by atoms with Gasteiger partial charge >= 0.3 is 0 Å².